The molecule has 2 heterocycles. The molecule has 0 aliphatic carbocycles. The van der Waals surface area contributed by atoms with Crippen LogP contribution < -0.4 is 15.8 Å². The molecule has 192 valence electrons. The number of anilines is 1. The van der Waals surface area contributed by atoms with E-state index in [4.69, 9.17) is 26.8 Å². The van der Waals surface area contributed by atoms with E-state index in [1.54, 1.807) is 11.0 Å². The number of nitrogens with zero attached hydrogens (tertiary/aromatic N) is 3. The molecule has 1 aromatic carbocycles. The molecule has 3 rings (SSSR count). The van der Waals surface area contributed by atoms with E-state index in [0.29, 0.717) is 41.7 Å². The molecule has 1 aromatic rings. The number of piperidine rings is 1. The number of ether oxygens (including phenoxy) is 2. The molecule has 3 amide bonds. The van der Waals surface area contributed by atoms with Gasteiger partial charge in [-0.1, -0.05) is 11.6 Å². The predicted molar refractivity (Wildman–Crippen MR) is 133 cm³/mol. The summed E-state index contributed by atoms with van der Waals surface area (Å²) in [5.41, 5.74) is 6.54. The van der Waals surface area contributed by atoms with E-state index in [-0.39, 0.29) is 29.6 Å². The van der Waals surface area contributed by atoms with Crippen molar-refractivity contribution in [2.24, 2.45) is 0 Å². The minimum Gasteiger partial charge on any atom is -0.496 e. The first-order valence-electron chi connectivity index (χ1n) is 11.6. The molecule has 2 saturated heterocycles. The molecule has 0 saturated carbocycles. The van der Waals surface area contributed by atoms with Gasteiger partial charge in [-0.05, 0) is 32.3 Å². The number of urea groups is 1. The first kappa shape index (κ1) is 28.0. The van der Waals surface area contributed by atoms with Gasteiger partial charge in [0.25, 0.3) is 5.91 Å². The second kappa shape index (κ2) is 13.0. The Morgan fingerprint density at radius 2 is 1.97 bits per heavy atom. The fraction of sp³-hybridized carbons (Fsp3) is 0.652. The Hall–Kier alpha value is -2.27. The Morgan fingerprint density at radius 3 is 2.62 bits per heavy atom. The van der Waals surface area contributed by atoms with Gasteiger partial charge in [0, 0.05) is 59.0 Å². The normalized spacial score (nSPS) is 20.5. The zero-order chi connectivity index (χ0) is 24.0. The zero-order valence-corrected chi connectivity index (χ0v) is 21.1. The lowest BCUT2D eigenvalue weighted by atomic mass is 10.0. The van der Waals surface area contributed by atoms with Crippen LogP contribution in [0.5, 0.6) is 5.75 Å². The number of amides is 3. The van der Waals surface area contributed by atoms with Crippen LogP contribution in [0.2, 0.25) is 5.02 Å². The van der Waals surface area contributed by atoms with Crippen molar-refractivity contribution in [3.8, 4) is 5.75 Å². The van der Waals surface area contributed by atoms with Crippen LogP contribution in [0.25, 0.3) is 0 Å². The van der Waals surface area contributed by atoms with E-state index in [2.05, 4.69) is 10.2 Å². The van der Waals surface area contributed by atoms with Gasteiger partial charge in [-0.2, -0.15) is 0 Å². The van der Waals surface area contributed by atoms with Crippen molar-refractivity contribution in [2.45, 2.75) is 38.3 Å². The van der Waals surface area contributed by atoms with Crippen molar-refractivity contribution in [3.63, 3.8) is 0 Å². The Labute approximate surface area is 206 Å². The number of halogens is 1. The first-order chi connectivity index (χ1) is 15.8. The lowest BCUT2D eigenvalue weighted by Crippen LogP contribution is -2.56. The van der Waals surface area contributed by atoms with Crippen molar-refractivity contribution in [3.05, 3.63) is 22.7 Å². The first-order valence-corrected chi connectivity index (χ1v) is 12.0. The molecule has 0 bridgehead atoms. The standard InChI is InChI=1S/C23H36ClN5O4.H2O/c1-4-33-21-15-28(12-11-27(2)23(31)29-8-5-6-9-29)10-7-19(21)26-22(30)16-13-17(24)18(25)14-20(16)32-3;/h13-14,19,21H,4-12,15,25H2,1-3H3,(H,26,30);1H2. The number of hydrogen-bond donors (Lipinski definition) is 2. The van der Waals surface area contributed by atoms with Crippen LogP contribution >= 0.6 is 11.6 Å². The highest BCUT2D eigenvalue weighted by Crippen LogP contribution is 2.29. The molecule has 10 nitrogen and oxygen atoms in total. The van der Waals surface area contributed by atoms with Crippen molar-refractivity contribution in [1.29, 1.82) is 0 Å². The minimum atomic E-state index is -0.271. The average Bonchev–Trinajstić information content (AvgIpc) is 3.35. The molecular formula is C23H38ClN5O5. The monoisotopic (exact) mass is 499 g/mol. The molecule has 2 unspecified atom stereocenters. The molecule has 5 N–H and O–H groups in total. The number of carbonyl (C=O) groups excluding carboxylic acids is 2. The number of nitrogens with two attached hydrogens (primary N) is 1. The van der Waals surface area contributed by atoms with Crippen LogP contribution in [0.1, 0.15) is 36.5 Å². The van der Waals surface area contributed by atoms with Gasteiger partial charge in [-0.15, -0.1) is 0 Å². The number of hydrogen-bond acceptors (Lipinski definition) is 6. The van der Waals surface area contributed by atoms with Crippen LogP contribution in [0.15, 0.2) is 12.1 Å². The van der Waals surface area contributed by atoms with Crippen LogP contribution in [0.4, 0.5) is 10.5 Å². The maximum atomic E-state index is 13.0. The van der Waals surface area contributed by atoms with E-state index in [0.717, 1.165) is 45.4 Å². The van der Waals surface area contributed by atoms with E-state index in [1.165, 1.54) is 13.2 Å². The van der Waals surface area contributed by atoms with Gasteiger partial charge in [0.2, 0.25) is 0 Å². The lowest BCUT2D eigenvalue weighted by molar-refractivity contribution is -0.0164. The van der Waals surface area contributed by atoms with Crippen LogP contribution in [0.3, 0.4) is 0 Å². The quantitative estimate of drug-likeness (QED) is 0.520. The third-order valence-corrected chi connectivity index (χ3v) is 6.69. The highest BCUT2D eigenvalue weighted by atomic mass is 35.5. The molecule has 0 spiro atoms. The van der Waals surface area contributed by atoms with Crippen molar-refractivity contribution >= 4 is 29.2 Å². The van der Waals surface area contributed by atoms with E-state index < -0.39 is 0 Å². The molecular weight excluding hydrogens is 462 g/mol. The maximum absolute atomic E-state index is 13.0. The van der Waals surface area contributed by atoms with Gasteiger partial charge in [-0.25, -0.2) is 4.79 Å². The van der Waals surface area contributed by atoms with Gasteiger partial charge < -0.3 is 35.8 Å². The minimum absolute atomic E-state index is 0. The molecule has 34 heavy (non-hydrogen) atoms. The lowest BCUT2D eigenvalue weighted by Gasteiger charge is -2.39. The number of likely N-dealkylation sites (N-methyl/N-ethyl adjacent to an activating group) is 1. The molecule has 2 atom stereocenters. The average molecular weight is 500 g/mol. The molecule has 2 aliphatic heterocycles. The molecule has 0 aromatic heterocycles. The van der Waals surface area contributed by atoms with E-state index in [9.17, 15) is 9.59 Å². The second-order valence-electron chi connectivity index (χ2n) is 8.64. The zero-order valence-electron chi connectivity index (χ0n) is 20.3. The predicted octanol–water partition coefficient (Wildman–Crippen LogP) is 1.46. The van der Waals surface area contributed by atoms with Crippen LogP contribution in [0, 0.1) is 0 Å². The number of rotatable bonds is 8. The summed E-state index contributed by atoms with van der Waals surface area (Å²) < 4.78 is 11.3. The molecule has 2 aliphatic rings. The van der Waals surface area contributed by atoms with Gasteiger partial charge in [0.05, 0.1) is 35.5 Å². The number of carbonyl (C=O) groups is 2. The number of benzene rings is 1. The summed E-state index contributed by atoms with van der Waals surface area (Å²) in [5.74, 6) is 0.110. The Bertz CT molecular complexity index is 836. The Kier molecular flexibility index (Phi) is 10.7. The fourth-order valence-corrected chi connectivity index (χ4v) is 4.59. The molecule has 0 radical (unpaired) electrons. The van der Waals surface area contributed by atoms with Gasteiger partial charge in [0.15, 0.2) is 0 Å². The summed E-state index contributed by atoms with van der Waals surface area (Å²) in [7, 11) is 3.35. The number of likely N-dealkylation sites (tertiary alicyclic amines) is 2. The van der Waals surface area contributed by atoms with Gasteiger partial charge >= 0.3 is 6.03 Å². The summed E-state index contributed by atoms with van der Waals surface area (Å²) in [6.07, 6.45) is 2.76. The maximum Gasteiger partial charge on any atom is 0.319 e. The fourth-order valence-electron chi connectivity index (χ4n) is 4.43. The number of nitrogens with one attached hydrogen (secondary N) is 1. The highest BCUT2D eigenvalue weighted by Gasteiger charge is 2.32. The summed E-state index contributed by atoms with van der Waals surface area (Å²) in [5, 5.41) is 3.40. The van der Waals surface area contributed by atoms with E-state index >= 15 is 0 Å². The molecule has 2 fully saturated rings. The van der Waals surface area contributed by atoms with Crippen molar-refractivity contribution in [1.82, 2.24) is 20.0 Å². The van der Waals surface area contributed by atoms with E-state index in [1.807, 2.05) is 18.9 Å². The van der Waals surface area contributed by atoms with Gasteiger partial charge in [0.1, 0.15) is 5.75 Å². The number of nitrogen functional groups attached to an aromatic ring is 1. The highest BCUT2D eigenvalue weighted by molar-refractivity contribution is 6.33. The SMILES string of the molecule is CCOC1CN(CCN(C)C(=O)N2CCCC2)CCC1NC(=O)c1cc(Cl)c(N)cc1OC.O. The van der Waals surface area contributed by atoms with Crippen molar-refractivity contribution in [2.75, 3.05) is 65.8 Å². The smallest absolute Gasteiger partial charge is 0.319 e. The summed E-state index contributed by atoms with van der Waals surface area (Å²) in [4.78, 5) is 31.5. The summed E-state index contributed by atoms with van der Waals surface area (Å²) in [6.45, 7) is 7.12. The largest absolute Gasteiger partial charge is 0.496 e. The summed E-state index contributed by atoms with van der Waals surface area (Å²) >= 11 is 6.13. The second-order valence-corrected chi connectivity index (χ2v) is 9.04. The third kappa shape index (κ3) is 6.88. The van der Waals surface area contributed by atoms with Crippen LogP contribution in [-0.2, 0) is 4.74 Å². The Morgan fingerprint density at radius 1 is 1.26 bits per heavy atom. The summed E-state index contributed by atoms with van der Waals surface area (Å²) in [6, 6.07) is 3.05. The van der Waals surface area contributed by atoms with Crippen molar-refractivity contribution < 1.29 is 24.5 Å². The molecule has 11 heteroatoms. The van der Waals surface area contributed by atoms with Gasteiger partial charge in [-0.3, -0.25) is 9.69 Å². The Balaban J connectivity index is 0.00000408. The topological polar surface area (TPSA) is 132 Å². The third-order valence-electron chi connectivity index (χ3n) is 6.36. The number of methoxy groups -OCH3 is 1. The van der Waals surface area contributed by atoms with Crippen LogP contribution in [-0.4, -0.2) is 104 Å².